The SMILES string of the molecule is CCn1cnnc1CNC(=NC)NCC1CCN(S(=O)(=O)C(F)(F)F)CC1.I. The summed E-state index contributed by atoms with van der Waals surface area (Å²) in [5, 5.41) is 14.1. The molecular weight excluding hydrogens is 514 g/mol. The molecule has 162 valence electrons. The van der Waals surface area contributed by atoms with Gasteiger partial charge in [0.25, 0.3) is 0 Å². The Bertz CT molecular complexity index is 746. The van der Waals surface area contributed by atoms with Gasteiger partial charge in [-0.3, -0.25) is 4.99 Å². The Morgan fingerprint density at radius 2 is 1.96 bits per heavy atom. The molecule has 0 aromatic carbocycles. The van der Waals surface area contributed by atoms with Crippen LogP contribution in [0.15, 0.2) is 11.3 Å². The van der Waals surface area contributed by atoms with Gasteiger partial charge in [-0.2, -0.15) is 17.5 Å². The Morgan fingerprint density at radius 1 is 1.32 bits per heavy atom. The average Bonchev–Trinajstić information content (AvgIpc) is 3.09. The number of alkyl halides is 3. The van der Waals surface area contributed by atoms with Crippen molar-refractivity contribution in [3.63, 3.8) is 0 Å². The zero-order valence-corrected chi connectivity index (χ0v) is 18.8. The van der Waals surface area contributed by atoms with Crippen molar-refractivity contribution in [2.75, 3.05) is 26.7 Å². The molecule has 9 nitrogen and oxygen atoms in total. The van der Waals surface area contributed by atoms with Crippen molar-refractivity contribution < 1.29 is 21.6 Å². The second-order valence-electron chi connectivity index (χ2n) is 6.13. The van der Waals surface area contributed by atoms with Crippen LogP contribution in [0, 0.1) is 5.92 Å². The summed E-state index contributed by atoms with van der Waals surface area (Å²) < 4.78 is 63.0. The van der Waals surface area contributed by atoms with Crippen molar-refractivity contribution in [3.05, 3.63) is 12.2 Å². The van der Waals surface area contributed by atoms with E-state index in [1.807, 2.05) is 11.5 Å². The highest BCUT2D eigenvalue weighted by Gasteiger charge is 2.50. The lowest BCUT2D eigenvalue weighted by molar-refractivity contribution is -0.0496. The van der Waals surface area contributed by atoms with Crippen LogP contribution in [0.2, 0.25) is 0 Å². The Hall–Kier alpha value is -1.16. The summed E-state index contributed by atoms with van der Waals surface area (Å²) in [6.07, 6.45) is 2.34. The predicted octanol–water partition coefficient (Wildman–Crippen LogP) is 1.14. The van der Waals surface area contributed by atoms with Crippen LogP contribution in [0.3, 0.4) is 0 Å². The van der Waals surface area contributed by atoms with Crippen molar-refractivity contribution in [1.82, 2.24) is 29.7 Å². The largest absolute Gasteiger partial charge is 0.511 e. The van der Waals surface area contributed by atoms with Crippen LogP contribution >= 0.6 is 24.0 Å². The molecule has 2 heterocycles. The molecular formula is C14H25F3IN7O2S. The fraction of sp³-hybridized carbons (Fsp3) is 0.786. The van der Waals surface area contributed by atoms with E-state index >= 15 is 0 Å². The number of aromatic nitrogens is 3. The smallest absolute Gasteiger partial charge is 0.356 e. The van der Waals surface area contributed by atoms with Crippen LogP contribution in [0.25, 0.3) is 0 Å². The van der Waals surface area contributed by atoms with Crippen LogP contribution in [0.4, 0.5) is 13.2 Å². The van der Waals surface area contributed by atoms with Crippen molar-refractivity contribution in [1.29, 1.82) is 0 Å². The minimum Gasteiger partial charge on any atom is -0.356 e. The van der Waals surface area contributed by atoms with E-state index in [9.17, 15) is 21.6 Å². The van der Waals surface area contributed by atoms with E-state index in [0.717, 1.165) is 12.4 Å². The standard InChI is InChI=1S/C14H24F3N7O2S.HI/c1-3-23-10-21-22-12(23)9-20-13(18-2)19-8-11-4-6-24(7-5-11)27(25,26)14(15,16)17;/h10-11H,3-9H2,1-2H3,(H2,18,19,20);1H. The number of nitrogens with zero attached hydrogens (tertiary/aromatic N) is 5. The fourth-order valence-electron chi connectivity index (χ4n) is 2.80. The molecule has 1 fully saturated rings. The number of hydrogen-bond donors (Lipinski definition) is 2. The number of nitrogens with one attached hydrogen (secondary N) is 2. The van der Waals surface area contributed by atoms with Gasteiger partial charge in [0.1, 0.15) is 6.33 Å². The van der Waals surface area contributed by atoms with Crippen LogP contribution in [-0.2, 0) is 23.1 Å². The summed E-state index contributed by atoms with van der Waals surface area (Å²) in [7, 11) is -3.63. The third-order valence-electron chi connectivity index (χ3n) is 4.44. The number of rotatable bonds is 6. The number of piperidine rings is 1. The molecule has 0 saturated carbocycles. The van der Waals surface area contributed by atoms with Gasteiger partial charge in [-0.25, -0.2) is 8.42 Å². The molecule has 14 heteroatoms. The van der Waals surface area contributed by atoms with Crippen molar-refractivity contribution in [2.45, 2.75) is 38.4 Å². The first-order chi connectivity index (χ1) is 12.7. The summed E-state index contributed by atoms with van der Waals surface area (Å²) >= 11 is 0. The van der Waals surface area contributed by atoms with Gasteiger partial charge in [0.05, 0.1) is 6.54 Å². The monoisotopic (exact) mass is 539 g/mol. The van der Waals surface area contributed by atoms with Gasteiger partial charge in [0.2, 0.25) is 0 Å². The molecule has 0 atom stereocenters. The van der Waals surface area contributed by atoms with E-state index in [1.165, 1.54) is 0 Å². The lowest BCUT2D eigenvalue weighted by Gasteiger charge is -2.31. The number of aliphatic imine (C=N–C) groups is 1. The summed E-state index contributed by atoms with van der Waals surface area (Å²) in [6.45, 7) is 3.36. The highest BCUT2D eigenvalue weighted by atomic mass is 127. The molecule has 1 aromatic rings. The normalized spacial score (nSPS) is 17.2. The number of guanidine groups is 1. The first-order valence-electron chi connectivity index (χ1n) is 8.56. The highest BCUT2D eigenvalue weighted by molar-refractivity contribution is 14.0. The topological polar surface area (TPSA) is 105 Å². The average molecular weight is 539 g/mol. The van der Waals surface area contributed by atoms with Gasteiger partial charge >= 0.3 is 15.5 Å². The van der Waals surface area contributed by atoms with E-state index < -0.39 is 15.5 Å². The summed E-state index contributed by atoms with van der Waals surface area (Å²) in [6, 6.07) is 0. The molecule has 2 rings (SSSR count). The number of sulfonamides is 1. The fourth-order valence-corrected chi connectivity index (χ4v) is 3.79. The number of hydrogen-bond acceptors (Lipinski definition) is 5. The zero-order valence-electron chi connectivity index (χ0n) is 15.6. The van der Waals surface area contributed by atoms with Crippen molar-refractivity contribution in [2.24, 2.45) is 10.9 Å². The van der Waals surface area contributed by atoms with E-state index in [0.29, 0.717) is 36.2 Å². The van der Waals surface area contributed by atoms with Gasteiger partial charge in [0.15, 0.2) is 11.8 Å². The summed E-state index contributed by atoms with van der Waals surface area (Å²) in [4.78, 5) is 4.10. The van der Waals surface area contributed by atoms with Crippen LogP contribution in [0.5, 0.6) is 0 Å². The van der Waals surface area contributed by atoms with Crippen LogP contribution in [-0.4, -0.2) is 65.6 Å². The molecule has 1 aromatic heterocycles. The molecule has 1 saturated heterocycles. The molecule has 2 N–H and O–H groups in total. The third kappa shape index (κ3) is 6.17. The molecule has 0 aliphatic carbocycles. The second kappa shape index (κ2) is 10.6. The van der Waals surface area contributed by atoms with Gasteiger partial charge in [-0.05, 0) is 25.7 Å². The maximum absolute atomic E-state index is 12.6. The van der Waals surface area contributed by atoms with Crippen molar-refractivity contribution >= 4 is 40.0 Å². The Morgan fingerprint density at radius 3 is 2.50 bits per heavy atom. The minimum atomic E-state index is -5.25. The summed E-state index contributed by atoms with van der Waals surface area (Å²) in [5.41, 5.74) is -5.25. The lowest BCUT2D eigenvalue weighted by atomic mass is 9.98. The van der Waals surface area contributed by atoms with Crippen LogP contribution < -0.4 is 10.6 Å². The van der Waals surface area contributed by atoms with Gasteiger partial charge < -0.3 is 15.2 Å². The van der Waals surface area contributed by atoms with Gasteiger partial charge in [0, 0.05) is 33.2 Å². The zero-order chi connectivity index (χ0) is 20.1. The predicted molar refractivity (Wildman–Crippen MR) is 109 cm³/mol. The molecule has 0 spiro atoms. The Labute approximate surface area is 179 Å². The molecule has 1 aliphatic heterocycles. The molecule has 0 amide bonds. The molecule has 1 aliphatic rings. The number of halogens is 4. The molecule has 0 unspecified atom stereocenters. The first-order valence-corrected chi connectivity index (χ1v) is 10.0. The third-order valence-corrected chi connectivity index (χ3v) is 6.07. The lowest BCUT2D eigenvalue weighted by Crippen LogP contribution is -2.47. The Kier molecular flexibility index (Phi) is 9.39. The maximum atomic E-state index is 12.6. The minimum absolute atomic E-state index is 0. The summed E-state index contributed by atoms with van der Waals surface area (Å²) in [5.74, 6) is 1.35. The van der Waals surface area contributed by atoms with Gasteiger partial charge in [-0.1, -0.05) is 0 Å². The van der Waals surface area contributed by atoms with Crippen LogP contribution in [0.1, 0.15) is 25.6 Å². The second-order valence-corrected chi connectivity index (χ2v) is 8.06. The van der Waals surface area contributed by atoms with E-state index in [1.54, 1.807) is 13.4 Å². The van der Waals surface area contributed by atoms with E-state index in [4.69, 9.17) is 0 Å². The Balaban J connectivity index is 0.00000392. The van der Waals surface area contributed by atoms with Crippen molar-refractivity contribution in [3.8, 4) is 0 Å². The molecule has 0 radical (unpaired) electrons. The van der Waals surface area contributed by atoms with E-state index in [-0.39, 0.29) is 43.0 Å². The quantitative estimate of drug-likeness (QED) is 0.320. The first kappa shape index (κ1) is 24.9. The molecule has 0 bridgehead atoms. The highest BCUT2D eigenvalue weighted by Crippen LogP contribution is 2.30. The molecule has 28 heavy (non-hydrogen) atoms. The number of aryl methyl sites for hydroxylation is 1. The van der Waals surface area contributed by atoms with E-state index in [2.05, 4.69) is 25.8 Å². The van der Waals surface area contributed by atoms with Gasteiger partial charge in [-0.15, -0.1) is 34.2 Å². The maximum Gasteiger partial charge on any atom is 0.511 e.